The maximum absolute atomic E-state index is 13.0. The standard InChI is InChI=1S/C24H27FN2O6/c1-2-31-24(30)27-13-11-19(12-14-27)26-22(28)16-33-23(29)20-5-3-4-6-21(20)32-15-17-7-9-18(25)10-8-17/h3-10,19H,2,11-16H2,1H3,(H,26,28). The molecule has 2 aromatic rings. The van der Waals surface area contributed by atoms with E-state index in [1.807, 2.05) is 0 Å². The number of para-hydroxylation sites is 1. The second-order valence-corrected chi connectivity index (χ2v) is 7.52. The SMILES string of the molecule is CCOC(=O)N1CCC(NC(=O)COC(=O)c2ccccc2OCc2ccc(F)cc2)CC1. The third kappa shape index (κ3) is 7.20. The van der Waals surface area contributed by atoms with Gasteiger partial charge in [-0.25, -0.2) is 14.0 Å². The summed E-state index contributed by atoms with van der Waals surface area (Å²) < 4.78 is 28.9. The van der Waals surface area contributed by atoms with Gasteiger partial charge in [0, 0.05) is 19.1 Å². The summed E-state index contributed by atoms with van der Waals surface area (Å²) >= 11 is 0. The number of esters is 1. The number of nitrogens with zero attached hydrogens (tertiary/aromatic N) is 1. The van der Waals surface area contributed by atoms with Crippen molar-refractivity contribution in [2.75, 3.05) is 26.3 Å². The normalized spacial score (nSPS) is 13.8. The first-order valence-electron chi connectivity index (χ1n) is 10.8. The fraction of sp³-hybridized carbons (Fsp3) is 0.375. The van der Waals surface area contributed by atoms with Crippen LogP contribution in [0.5, 0.6) is 5.75 Å². The van der Waals surface area contributed by atoms with Gasteiger partial charge in [0.25, 0.3) is 5.91 Å². The zero-order valence-electron chi connectivity index (χ0n) is 18.4. The number of rotatable bonds is 8. The third-order valence-electron chi connectivity index (χ3n) is 5.14. The number of benzene rings is 2. The molecular formula is C24H27FN2O6. The lowest BCUT2D eigenvalue weighted by atomic mass is 10.1. The summed E-state index contributed by atoms with van der Waals surface area (Å²) in [5, 5.41) is 2.83. The molecule has 9 heteroatoms. The van der Waals surface area contributed by atoms with Crippen molar-refractivity contribution < 1.29 is 33.0 Å². The molecule has 3 rings (SSSR count). The van der Waals surface area contributed by atoms with Gasteiger partial charge in [0.2, 0.25) is 0 Å². The van der Waals surface area contributed by atoms with Crippen LogP contribution in [0.3, 0.4) is 0 Å². The van der Waals surface area contributed by atoms with Gasteiger partial charge in [-0.2, -0.15) is 0 Å². The first kappa shape index (κ1) is 24.0. The van der Waals surface area contributed by atoms with Crippen molar-refractivity contribution in [2.45, 2.75) is 32.4 Å². The number of carbonyl (C=O) groups excluding carboxylic acids is 3. The van der Waals surface area contributed by atoms with E-state index < -0.39 is 18.5 Å². The van der Waals surface area contributed by atoms with Gasteiger partial charge in [-0.15, -0.1) is 0 Å². The zero-order valence-corrected chi connectivity index (χ0v) is 18.4. The molecule has 1 N–H and O–H groups in total. The number of amides is 2. The zero-order chi connectivity index (χ0) is 23.6. The first-order chi connectivity index (χ1) is 16.0. The molecule has 0 spiro atoms. The van der Waals surface area contributed by atoms with E-state index in [4.69, 9.17) is 14.2 Å². The molecule has 1 fully saturated rings. The molecule has 176 valence electrons. The molecule has 8 nitrogen and oxygen atoms in total. The Morgan fingerprint density at radius 3 is 2.42 bits per heavy atom. The van der Waals surface area contributed by atoms with E-state index in [9.17, 15) is 18.8 Å². The van der Waals surface area contributed by atoms with Crippen LogP contribution in [0.4, 0.5) is 9.18 Å². The number of ether oxygens (including phenoxy) is 3. The molecule has 2 amide bonds. The van der Waals surface area contributed by atoms with Gasteiger partial charge in [0.05, 0.1) is 6.61 Å². The number of nitrogens with one attached hydrogen (secondary N) is 1. The van der Waals surface area contributed by atoms with Gasteiger partial charge in [-0.05, 0) is 49.6 Å². The maximum atomic E-state index is 13.0. The van der Waals surface area contributed by atoms with E-state index in [1.54, 1.807) is 48.2 Å². The topological polar surface area (TPSA) is 94.2 Å². The Labute approximate surface area is 191 Å². The number of halogens is 1. The minimum atomic E-state index is -0.683. The van der Waals surface area contributed by atoms with Crippen LogP contribution >= 0.6 is 0 Å². The molecular weight excluding hydrogens is 431 g/mol. The second kappa shape index (κ2) is 11.8. The van der Waals surface area contributed by atoms with Crippen LogP contribution in [0.2, 0.25) is 0 Å². The van der Waals surface area contributed by atoms with Gasteiger partial charge in [0.1, 0.15) is 23.7 Å². The maximum Gasteiger partial charge on any atom is 0.409 e. The molecule has 1 aliphatic heterocycles. The minimum absolute atomic E-state index is 0.104. The molecule has 1 heterocycles. The molecule has 33 heavy (non-hydrogen) atoms. The van der Waals surface area contributed by atoms with Gasteiger partial charge >= 0.3 is 12.1 Å². The summed E-state index contributed by atoms with van der Waals surface area (Å²) in [7, 11) is 0. The lowest BCUT2D eigenvalue weighted by Crippen LogP contribution is -2.47. The van der Waals surface area contributed by atoms with Crippen LogP contribution < -0.4 is 10.1 Å². The predicted molar refractivity (Wildman–Crippen MR) is 117 cm³/mol. The quantitative estimate of drug-likeness (QED) is 0.610. The van der Waals surface area contributed by atoms with Crippen LogP contribution in [0.15, 0.2) is 48.5 Å². The average molecular weight is 458 g/mol. The number of piperidine rings is 1. The Kier molecular flexibility index (Phi) is 8.63. The lowest BCUT2D eigenvalue weighted by Gasteiger charge is -2.31. The van der Waals surface area contributed by atoms with Crippen molar-refractivity contribution in [3.05, 3.63) is 65.5 Å². The van der Waals surface area contributed by atoms with E-state index in [-0.39, 0.29) is 30.1 Å². The van der Waals surface area contributed by atoms with Gasteiger partial charge < -0.3 is 24.4 Å². The Morgan fingerprint density at radius 2 is 1.73 bits per heavy atom. The van der Waals surface area contributed by atoms with Crippen LogP contribution in [-0.4, -0.2) is 55.2 Å². The van der Waals surface area contributed by atoms with Crippen molar-refractivity contribution in [2.24, 2.45) is 0 Å². The highest BCUT2D eigenvalue weighted by atomic mass is 19.1. The fourth-order valence-electron chi connectivity index (χ4n) is 3.40. The highest BCUT2D eigenvalue weighted by molar-refractivity contribution is 5.94. The molecule has 1 saturated heterocycles. The van der Waals surface area contributed by atoms with E-state index in [0.717, 1.165) is 5.56 Å². The number of likely N-dealkylation sites (tertiary alicyclic amines) is 1. The van der Waals surface area contributed by atoms with Crippen molar-refractivity contribution in [3.8, 4) is 5.75 Å². The number of hydrogen-bond acceptors (Lipinski definition) is 6. The van der Waals surface area contributed by atoms with Crippen LogP contribution in [0, 0.1) is 5.82 Å². The monoisotopic (exact) mass is 458 g/mol. The number of hydrogen-bond donors (Lipinski definition) is 1. The number of carbonyl (C=O) groups is 3. The Bertz CT molecular complexity index is 958. The van der Waals surface area contributed by atoms with E-state index >= 15 is 0 Å². The molecule has 0 atom stereocenters. The van der Waals surface area contributed by atoms with Crippen LogP contribution in [0.25, 0.3) is 0 Å². The molecule has 0 aliphatic carbocycles. The van der Waals surface area contributed by atoms with E-state index in [0.29, 0.717) is 38.3 Å². The van der Waals surface area contributed by atoms with Crippen molar-refractivity contribution >= 4 is 18.0 Å². The minimum Gasteiger partial charge on any atom is -0.488 e. The van der Waals surface area contributed by atoms with E-state index in [1.165, 1.54) is 12.1 Å². The Balaban J connectivity index is 1.45. The molecule has 0 bridgehead atoms. The molecule has 1 aliphatic rings. The highest BCUT2D eigenvalue weighted by Crippen LogP contribution is 2.20. The highest BCUT2D eigenvalue weighted by Gasteiger charge is 2.25. The molecule has 0 unspecified atom stereocenters. The lowest BCUT2D eigenvalue weighted by molar-refractivity contribution is -0.125. The molecule has 0 aromatic heterocycles. The summed E-state index contributed by atoms with van der Waals surface area (Å²) in [6.07, 6.45) is 0.841. The van der Waals surface area contributed by atoms with Crippen LogP contribution in [0.1, 0.15) is 35.7 Å². The summed E-state index contributed by atoms with van der Waals surface area (Å²) in [5.41, 5.74) is 0.933. The van der Waals surface area contributed by atoms with Crippen molar-refractivity contribution in [1.29, 1.82) is 0 Å². The van der Waals surface area contributed by atoms with Crippen molar-refractivity contribution in [3.63, 3.8) is 0 Å². The van der Waals surface area contributed by atoms with E-state index in [2.05, 4.69) is 5.32 Å². The van der Waals surface area contributed by atoms with Gasteiger partial charge in [-0.1, -0.05) is 24.3 Å². The predicted octanol–water partition coefficient (Wildman–Crippen LogP) is 3.30. The fourth-order valence-corrected chi connectivity index (χ4v) is 3.40. The van der Waals surface area contributed by atoms with Gasteiger partial charge in [-0.3, -0.25) is 4.79 Å². The first-order valence-corrected chi connectivity index (χ1v) is 10.8. The largest absolute Gasteiger partial charge is 0.488 e. The summed E-state index contributed by atoms with van der Waals surface area (Å²) in [5.74, 6) is -1.14. The average Bonchev–Trinajstić information content (AvgIpc) is 2.83. The third-order valence-corrected chi connectivity index (χ3v) is 5.14. The van der Waals surface area contributed by atoms with Gasteiger partial charge in [0.15, 0.2) is 6.61 Å². The van der Waals surface area contributed by atoms with Crippen molar-refractivity contribution in [1.82, 2.24) is 10.2 Å². The second-order valence-electron chi connectivity index (χ2n) is 7.52. The summed E-state index contributed by atoms with van der Waals surface area (Å²) in [6, 6.07) is 12.3. The molecule has 2 aromatic carbocycles. The Hall–Kier alpha value is -3.62. The molecule has 0 radical (unpaired) electrons. The smallest absolute Gasteiger partial charge is 0.409 e. The summed E-state index contributed by atoms with van der Waals surface area (Å²) in [6.45, 7) is 2.77. The Morgan fingerprint density at radius 1 is 1.03 bits per heavy atom. The molecule has 0 saturated carbocycles. The summed E-state index contributed by atoms with van der Waals surface area (Å²) in [4.78, 5) is 38.1. The van der Waals surface area contributed by atoms with Crippen LogP contribution in [-0.2, 0) is 20.9 Å².